The van der Waals surface area contributed by atoms with Crippen LogP contribution in [0, 0.1) is 11.7 Å². The molecule has 4 N–H and O–H groups in total. The summed E-state index contributed by atoms with van der Waals surface area (Å²) < 4.78 is 14.0. The second kappa shape index (κ2) is 8.44. The van der Waals surface area contributed by atoms with Gasteiger partial charge in [-0.25, -0.2) is 14.4 Å². The molecule has 0 bridgehead atoms. The SMILES string of the molecule is O=C(Nc1cncc(-c2ccc3[nH]nc(-c4nc5c(-c6cc(O)cc(F)c6)nccc5[nH]4)c3n2)c1)C1CC1. The number of aromatic nitrogens is 7. The van der Waals surface area contributed by atoms with E-state index in [1.54, 1.807) is 24.7 Å². The number of rotatable bonds is 5. The molecule has 5 aromatic heterocycles. The fourth-order valence-electron chi connectivity index (χ4n) is 4.43. The first-order valence-corrected chi connectivity index (χ1v) is 12.0. The van der Waals surface area contributed by atoms with E-state index >= 15 is 0 Å². The van der Waals surface area contributed by atoms with Gasteiger partial charge in [-0.15, -0.1) is 0 Å². The minimum Gasteiger partial charge on any atom is -0.508 e. The number of phenolic OH excluding ortho intramolecular Hbond substituents is 1. The van der Waals surface area contributed by atoms with E-state index in [-0.39, 0.29) is 17.6 Å². The van der Waals surface area contributed by atoms with Gasteiger partial charge in [0.25, 0.3) is 0 Å². The van der Waals surface area contributed by atoms with Gasteiger partial charge in [-0.3, -0.25) is 19.9 Å². The molecular formula is C27H19FN8O2. The third-order valence-electron chi connectivity index (χ3n) is 6.44. The van der Waals surface area contributed by atoms with Gasteiger partial charge in [-0.05, 0) is 49.2 Å². The summed E-state index contributed by atoms with van der Waals surface area (Å²) in [6, 6.07) is 11.1. The molecule has 1 aliphatic rings. The van der Waals surface area contributed by atoms with E-state index in [1.807, 2.05) is 18.2 Å². The number of imidazole rings is 1. The van der Waals surface area contributed by atoms with E-state index in [0.29, 0.717) is 56.2 Å². The first kappa shape index (κ1) is 22.0. The van der Waals surface area contributed by atoms with Gasteiger partial charge in [0.1, 0.15) is 22.6 Å². The van der Waals surface area contributed by atoms with Crippen molar-refractivity contribution in [2.45, 2.75) is 12.8 Å². The third-order valence-corrected chi connectivity index (χ3v) is 6.44. The van der Waals surface area contributed by atoms with Crippen molar-refractivity contribution in [3.05, 3.63) is 66.9 Å². The highest BCUT2D eigenvalue weighted by Gasteiger charge is 2.29. The van der Waals surface area contributed by atoms with E-state index in [9.17, 15) is 14.3 Å². The van der Waals surface area contributed by atoms with Crippen LogP contribution in [0.25, 0.3) is 56.1 Å². The summed E-state index contributed by atoms with van der Waals surface area (Å²) in [5.74, 6) is -0.218. The van der Waals surface area contributed by atoms with Crippen molar-refractivity contribution in [1.82, 2.24) is 35.1 Å². The molecule has 7 rings (SSSR count). The van der Waals surface area contributed by atoms with E-state index in [2.05, 4.69) is 30.5 Å². The Bertz CT molecular complexity index is 1850. The van der Waals surface area contributed by atoms with Crippen molar-refractivity contribution in [2.75, 3.05) is 5.32 Å². The van der Waals surface area contributed by atoms with Crippen molar-refractivity contribution in [3.63, 3.8) is 0 Å². The molecule has 6 aromatic rings. The fourth-order valence-corrected chi connectivity index (χ4v) is 4.43. The highest BCUT2D eigenvalue weighted by atomic mass is 19.1. The Morgan fingerprint density at radius 1 is 0.974 bits per heavy atom. The Morgan fingerprint density at radius 3 is 2.68 bits per heavy atom. The van der Waals surface area contributed by atoms with Gasteiger partial charge in [-0.1, -0.05) is 0 Å². The number of hydrogen-bond donors (Lipinski definition) is 4. The van der Waals surface area contributed by atoms with E-state index in [4.69, 9.17) is 9.97 Å². The number of fused-ring (bicyclic) bond motifs is 2. The molecule has 0 atom stereocenters. The topological polar surface area (TPSA) is 145 Å². The number of aromatic hydroxyl groups is 1. The van der Waals surface area contributed by atoms with Crippen molar-refractivity contribution in [3.8, 4) is 39.8 Å². The zero-order valence-electron chi connectivity index (χ0n) is 19.7. The predicted octanol–water partition coefficient (Wildman–Crippen LogP) is 4.82. The monoisotopic (exact) mass is 506 g/mol. The predicted molar refractivity (Wildman–Crippen MR) is 138 cm³/mol. The lowest BCUT2D eigenvalue weighted by Crippen LogP contribution is -2.13. The van der Waals surface area contributed by atoms with Crippen LogP contribution in [0.3, 0.4) is 0 Å². The first-order valence-electron chi connectivity index (χ1n) is 12.0. The average molecular weight is 507 g/mol. The summed E-state index contributed by atoms with van der Waals surface area (Å²) >= 11 is 0. The van der Waals surface area contributed by atoms with Gasteiger partial charge in [0.05, 0.1) is 34.3 Å². The molecule has 186 valence electrons. The zero-order valence-corrected chi connectivity index (χ0v) is 19.7. The summed E-state index contributed by atoms with van der Waals surface area (Å²) in [6.45, 7) is 0. The lowest BCUT2D eigenvalue weighted by atomic mass is 10.1. The number of nitrogens with one attached hydrogen (secondary N) is 3. The van der Waals surface area contributed by atoms with E-state index < -0.39 is 5.82 Å². The average Bonchev–Trinajstić information content (AvgIpc) is 3.54. The molecule has 1 fully saturated rings. The minimum atomic E-state index is -0.574. The second-order valence-corrected chi connectivity index (χ2v) is 9.23. The molecule has 0 radical (unpaired) electrons. The van der Waals surface area contributed by atoms with Crippen LogP contribution in [0.15, 0.2) is 61.1 Å². The summed E-state index contributed by atoms with van der Waals surface area (Å²) in [4.78, 5) is 33.6. The fraction of sp³-hybridized carbons (Fsp3) is 0.111. The van der Waals surface area contributed by atoms with Crippen LogP contribution in [0.4, 0.5) is 10.1 Å². The highest BCUT2D eigenvalue weighted by Crippen LogP contribution is 2.33. The number of hydrogen-bond acceptors (Lipinski definition) is 7. The maximum Gasteiger partial charge on any atom is 0.227 e. The van der Waals surface area contributed by atoms with Gasteiger partial charge in [-0.2, -0.15) is 5.10 Å². The minimum absolute atomic E-state index is 0.0108. The third kappa shape index (κ3) is 3.90. The Labute approximate surface area is 214 Å². The molecule has 1 saturated carbocycles. The molecule has 1 aromatic carbocycles. The number of anilines is 1. The number of halogens is 1. The van der Waals surface area contributed by atoms with Crippen molar-refractivity contribution in [1.29, 1.82) is 0 Å². The molecule has 1 amide bonds. The number of phenols is 1. The molecule has 0 spiro atoms. The standard InChI is InChI=1S/C27H19FN8O2/c28-16-7-14(9-18(37)10-16)22-23-20(5-6-30-22)33-26(34-23)25-24-21(35-36-25)4-3-19(32-24)15-8-17(12-29-11-15)31-27(38)13-1-2-13/h3-13,37H,1-2H2,(H,31,38)(H,33,34)(H,35,36). The van der Waals surface area contributed by atoms with Crippen LogP contribution >= 0.6 is 0 Å². The lowest BCUT2D eigenvalue weighted by molar-refractivity contribution is -0.117. The molecule has 5 heterocycles. The van der Waals surface area contributed by atoms with Gasteiger partial charge in [0.15, 0.2) is 11.5 Å². The Kier molecular flexibility index (Phi) is 4.90. The van der Waals surface area contributed by atoms with E-state index in [1.165, 1.54) is 12.1 Å². The number of nitrogens with zero attached hydrogens (tertiary/aromatic N) is 5. The van der Waals surface area contributed by atoms with Gasteiger partial charge in [0.2, 0.25) is 5.91 Å². The molecular weight excluding hydrogens is 487 g/mol. The number of amides is 1. The Hall–Kier alpha value is -5.19. The first-order chi connectivity index (χ1) is 18.5. The Balaban J connectivity index is 1.29. The highest BCUT2D eigenvalue weighted by molar-refractivity contribution is 5.96. The molecule has 10 nitrogen and oxygen atoms in total. The number of aromatic amines is 2. The summed E-state index contributed by atoms with van der Waals surface area (Å²) in [7, 11) is 0. The number of benzene rings is 1. The molecule has 38 heavy (non-hydrogen) atoms. The van der Waals surface area contributed by atoms with Crippen LogP contribution < -0.4 is 5.32 Å². The summed E-state index contributed by atoms with van der Waals surface area (Å²) in [5.41, 5.74) is 5.82. The molecule has 0 aliphatic heterocycles. The van der Waals surface area contributed by atoms with Crippen molar-refractivity contribution < 1.29 is 14.3 Å². The second-order valence-electron chi connectivity index (χ2n) is 9.23. The zero-order chi connectivity index (χ0) is 25.8. The largest absolute Gasteiger partial charge is 0.508 e. The maximum absolute atomic E-state index is 14.0. The number of carbonyl (C=O) groups is 1. The summed E-state index contributed by atoms with van der Waals surface area (Å²) in [5, 5.41) is 20.2. The summed E-state index contributed by atoms with van der Waals surface area (Å²) in [6.07, 6.45) is 6.73. The van der Waals surface area contributed by atoms with Crippen LogP contribution in [0.2, 0.25) is 0 Å². The quantitative estimate of drug-likeness (QED) is 0.262. The van der Waals surface area contributed by atoms with Crippen LogP contribution in [-0.2, 0) is 4.79 Å². The van der Waals surface area contributed by atoms with E-state index in [0.717, 1.165) is 24.5 Å². The van der Waals surface area contributed by atoms with Crippen molar-refractivity contribution >= 4 is 33.7 Å². The molecule has 0 saturated heterocycles. The molecule has 11 heteroatoms. The van der Waals surface area contributed by atoms with Crippen LogP contribution in [-0.4, -0.2) is 46.1 Å². The molecule has 1 aliphatic carbocycles. The number of H-pyrrole nitrogens is 2. The smallest absolute Gasteiger partial charge is 0.227 e. The van der Waals surface area contributed by atoms with Gasteiger partial charge in [0, 0.05) is 35.5 Å². The maximum atomic E-state index is 14.0. The van der Waals surface area contributed by atoms with Crippen LogP contribution in [0.5, 0.6) is 5.75 Å². The van der Waals surface area contributed by atoms with Crippen LogP contribution in [0.1, 0.15) is 12.8 Å². The molecule has 0 unspecified atom stereocenters. The number of carbonyl (C=O) groups excluding carboxylic acids is 1. The van der Waals surface area contributed by atoms with Gasteiger partial charge >= 0.3 is 0 Å². The van der Waals surface area contributed by atoms with Crippen molar-refractivity contribution in [2.24, 2.45) is 5.92 Å². The van der Waals surface area contributed by atoms with Gasteiger partial charge < -0.3 is 15.4 Å². The number of pyridine rings is 3. The normalized spacial score (nSPS) is 13.3. The lowest BCUT2D eigenvalue weighted by Gasteiger charge is -2.06. The Morgan fingerprint density at radius 2 is 1.84 bits per heavy atom.